The Kier molecular flexibility index (Phi) is 5.81. The average molecular weight is 333 g/mol. The first-order valence-electron chi connectivity index (χ1n) is 7.40. The molecule has 116 valence electrons. The summed E-state index contributed by atoms with van der Waals surface area (Å²) in [5, 5.41) is 7.85. The van der Waals surface area contributed by atoms with Crippen molar-refractivity contribution in [2.24, 2.45) is 0 Å². The Morgan fingerprint density at radius 2 is 1.91 bits per heavy atom. The quantitative estimate of drug-likeness (QED) is 0.733. The normalized spacial score (nSPS) is 11.8. The molecule has 0 aliphatic heterocycles. The van der Waals surface area contributed by atoms with Crippen LogP contribution < -0.4 is 10.6 Å². The minimum atomic E-state index is 0.193. The number of anilines is 1. The first-order valence-corrected chi connectivity index (χ1v) is 8.18. The number of rotatable bonds is 4. The summed E-state index contributed by atoms with van der Waals surface area (Å²) in [7, 11) is 0. The lowest BCUT2D eigenvalue weighted by atomic mass is 9.99. The summed E-state index contributed by atoms with van der Waals surface area (Å²) in [5.41, 5.74) is 4.74. The second kappa shape index (κ2) is 7.61. The third kappa shape index (κ3) is 4.46. The lowest BCUT2D eigenvalue weighted by Crippen LogP contribution is -2.32. The summed E-state index contributed by atoms with van der Waals surface area (Å²) in [5.74, 6) is 0. The summed E-state index contributed by atoms with van der Waals surface area (Å²) in [4.78, 5) is 0. The predicted molar refractivity (Wildman–Crippen MR) is 99.8 cm³/mol. The van der Waals surface area contributed by atoms with E-state index in [0.29, 0.717) is 10.1 Å². The van der Waals surface area contributed by atoms with E-state index in [-0.39, 0.29) is 6.04 Å². The average Bonchev–Trinajstić information content (AvgIpc) is 2.48. The monoisotopic (exact) mass is 332 g/mol. The molecule has 2 N–H and O–H groups in total. The molecule has 0 bridgehead atoms. The maximum Gasteiger partial charge on any atom is 0.171 e. The van der Waals surface area contributed by atoms with Gasteiger partial charge in [0.1, 0.15) is 0 Å². The highest BCUT2D eigenvalue weighted by Gasteiger charge is 2.11. The van der Waals surface area contributed by atoms with Crippen molar-refractivity contribution in [2.45, 2.75) is 33.2 Å². The van der Waals surface area contributed by atoms with Crippen molar-refractivity contribution in [3.05, 3.63) is 64.2 Å². The van der Waals surface area contributed by atoms with E-state index in [0.717, 1.165) is 12.1 Å². The van der Waals surface area contributed by atoms with Crippen LogP contribution in [0.25, 0.3) is 0 Å². The molecule has 2 rings (SSSR count). The Morgan fingerprint density at radius 1 is 1.14 bits per heavy atom. The van der Waals surface area contributed by atoms with Crippen molar-refractivity contribution in [2.75, 3.05) is 5.32 Å². The van der Waals surface area contributed by atoms with Crippen LogP contribution in [0, 0.1) is 13.8 Å². The molecule has 0 radical (unpaired) electrons. The van der Waals surface area contributed by atoms with E-state index in [2.05, 4.69) is 49.6 Å². The lowest BCUT2D eigenvalue weighted by Gasteiger charge is -2.21. The standard InChI is InChI=1S/C18H21ClN2S/c1-4-17(14-9-8-12(2)13(3)10-14)21-18(22)20-16-7-5-6-15(19)11-16/h5-11,17H,4H2,1-3H3,(H2,20,21,22)/t17-/m1/s1. The minimum Gasteiger partial charge on any atom is -0.356 e. The molecule has 0 fully saturated rings. The number of nitrogens with one attached hydrogen (secondary N) is 2. The SMILES string of the molecule is CC[C@@H](NC(=S)Nc1cccc(Cl)c1)c1ccc(C)c(C)c1. The van der Waals surface area contributed by atoms with Gasteiger partial charge >= 0.3 is 0 Å². The topological polar surface area (TPSA) is 24.1 Å². The molecule has 0 saturated carbocycles. The number of hydrogen-bond acceptors (Lipinski definition) is 1. The number of aryl methyl sites for hydroxylation is 2. The minimum absolute atomic E-state index is 0.193. The molecule has 22 heavy (non-hydrogen) atoms. The van der Waals surface area contributed by atoms with Gasteiger partial charge in [-0.1, -0.05) is 42.8 Å². The molecule has 0 heterocycles. The summed E-state index contributed by atoms with van der Waals surface area (Å²) in [6.07, 6.45) is 0.958. The van der Waals surface area contributed by atoms with E-state index >= 15 is 0 Å². The largest absolute Gasteiger partial charge is 0.356 e. The Labute approximate surface area is 142 Å². The van der Waals surface area contributed by atoms with Gasteiger partial charge in [-0.15, -0.1) is 0 Å². The molecule has 1 atom stereocenters. The van der Waals surface area contributed by atoms with E-state index in [9.17, 15) is 0 Å². The van der Waals surface area contributed by atoms with Crippen LogP contribution in [0.1, 0.15) is 36.1 Å². The van der Waals surface area contributed by atoms with Crippen LogP contribution >= 0.6 is 23.8 Å². The van der Waals surface area contributed by atoms with Crippen LogP contribution in [-0.4, -0.2) is 5.11 Å². The highest BCUT2D eigenvalue weighted by molar-refractivity contribution is 7.80. The molecular formula is C18H21ClN2S. The fourth-order valence-corrected chi connectivity index (χ4v) is 2.74. The Morgan fingerprint density at radius 3 is 2.55 bits per heavy atom. The molecule has 0 saturated heterocycles. The second-order valence-corrected chi connectivity index (χ2v) is 6.26. The maximum absolute atomic E-state index is 5.99. The first-order chi connectivity index (χ1) is 10.5. The zero-order valence-corrected chi connectivity index (χ0v) is 14.7. The van der Waals surface area contributed by atoms with Gasteiger partial charge in [-0.25, -0.2) is 0 Å². The Hall–Kier alpha value is -1.58. The smallest absolute Gasteiger partial charge is 0.171 e. The molecule has 0 amide bonds. The molecule has 2 aromatic rings. The summed E-state index contributed by atoms with van der Waals surface area (Å²) in [6.45, 7) is 6.40. The van der Waals surface area contributed by atoms with E-state index in [1.165, 1.54) is 16.7 Å². The molecule has 0 aliphatic rings. The van der Waals surface area contributed by atoms with Crippen LogP contribution in [0.4, 0.5) is 5.69 Å². The van der Waals surface area contributed by atoms with Gasteiger partial charge in [0.15, 0.2) is 5.11 Å². The third-order valence-electron chi connectivity index (χ3n) is 3.73. The predicted octanol–water partition coefficient (Wildman–Crippen LogP) is 5.39. The molecule has 0 aliphatic carbocycles. The van der Waals surface area contributed by atoms with Gasteiger partial charge in [-0.3, -0.25) is 0 Å². The fraction of sp³-hybridized carbons (Fsp3) is 0.278. The molecule has 0 unspecified atom stereocenters. The van der Waals surface area contributed by atoms with Gasteiger partial charge in [-0.05, 0) is 67.4 Å². The number of hydrogen-bond donors (Lipinski definition) is 2. The van der Waals surface area contributed by atoms with Crippen molar-refractivity contribution in [1.82, 2.24) is 5.32 Å². The molecule has 2 nitrogen and oxygen atoms in total. The van der Waals surface area contributed by atoms with E-state index < -0.39 is 0 Å². The Bertz CT molecular complexity index is 670. The number of thiocarbonyl (C=S) groups is 1. The highest BCUT2D eigenvalue weighted by atomic mass is 35.5. The van der Waals surface area contributed by atoms with Gasteiger partial charge in [0.2, 0.25) is 0 Å². The summed E-state index contributed by atoms with van der Waals surface area (Å²) >= 11 is 11.4. The van der Waals surface area contributed by atoms with Crippen molar-refractivity contribution in [3.8, 4) is 0 Å². The van der Waals surface area contributed by atoms with Gasteiger partial charge in [0, 0.05) is 10.7 Å². The highest BCUT2D eigenvalue weighted by Crippen LogP contribution is 2.20. The number of benzene rings is 2. The van der Waals surface area contributed by atoms with E-state index in [1.54, 1.807) is 0 Å². The van der Waals surface area contributed by atoms with Crippen molar-refractivity contribution < 1.29 is 0 Å². The van der Waals surface area contributed by atoms with Gasteiger partial charge in [0.05, 0.1) is 6.04 Å². The van der Waals surface area contributed by atoms with Crippen molar-refractivity contribution in [3.63, 3.8) is 0 Å². The van der Waals surface area contributed by atoms with Crippen molar-refractivity contribution in [1.29, 1.82) is 0 Å². The maximum atomic E-state index is 5.99. The van der Waals surface area contributed by atoms with E-state index in [1.807, 2.05) is 24.3 Å². The fourth-order valence-electron chi connectivity index (χ4n) is 2.29. The van der Waals surface area contributed by atoms with Crippen LogP contribution in [0.5, 0.6) is 0 Å². The molecule has 2 aromatic carbocycles. The lowest BCUT2D eigenvalue weighted by molar-refractivity contribution is 0.628. The Balaban J connectivity index is 2.06. The molecule has 0 spiro atoms. The summed E-state index contributed by atoms with van der Waals surface area (Å²) < 4.78 is 0. The van der Waals surface area contributed by atoms with Gasteiger partial charge < -0.3 is 10.6 Å². The third-order valence-corrected chi connectivity index (χ3v) is 4.18. The molecule has 4 heteroatoms. The van der Waals surface area contributed by atoms with Crippen LogP contribution in [0.3, 0.4) is 0 Å². The second-order valence-electron chi connectivity index (χ2n) is 5.41. The first kappa shape index (κ1) is 16.8. The van der Waals surface area contributed by atoms with Crippen LogP contribution in [0.15, 0.2) is 42.5 Å². The molecule has 0 aromatic heterocycles. The zero-order chi connectivity index (χ0) is 16.1. The van der Waals surface area contributed by atoms with Gasteiger partial charge in [-0.2, -0.15) is 0 Å². The van der Waals surface area contributed by atoms with Crippen molar-refractivity contribution >= 4 is 34.6 Å². The summed E-state index contributed by atoms with van der Waals surface area (Å²) in [6, 6.07) is 14.3. The molecular weight excluding hydrogens is 312 g/mol. The van der Waals surface area contributed by atoms with Crippen LogP contribution in [-0.2, 0) is 0 Å². The number of halogens is 1. The zero-order valence-electron chi connectivity index (χ0n) is 13.1. The van der Waals surface area contributed by atoms with Gasteiger partial charge in [0.25, 0.3) is 0 Å². The van der Waals surface area contributed by atoms with Crippen LogP contribution in [0.2, 0.25) is 5.02 Å². The van der Waals surface area contributed by atoms with E-state index in [4.69, 9.17) is 23.8 Å².